The zero-order valence-electron chi connectivity index (χ0n) is 16.6. The largest absolute Gasteiger partial charge is 0.418 e. The lowest BCUT2D eigenvalue weighted by molar-refractivity contribution is -0.137. The molecule has 11 heteroatoms. The summed E-state index contributed by atoms with van der Waals surface area (Å²) in [6.07, 6.45) is -2.64. The fraction of sp³-hybridized carbons (Fsp3) is 0.200. The van der Waals surface area contributed by atoms with E-state index in [0.29, 0.717) is 11.8 Å². The molecule has 1 amide bonds. The van der Waals surface area contributed by atoms with Crippen LogP contribution in [0, 0.1) is 19.7 Å². The third-order valence-corrected chi connectivity index (χ3v) is 5.56. The van der Waals surface area contributed by atoms with Crippen molar-refractivity contribution in [3.63, 3.8) is 0 Å². The molecular formula is C20H17F4N3O3S. The smallest absolute Gasteiger partial charge is 0.321 e. The van der Waals surface area contributed by atoms with E-state index in [2.05, 4.69) is 10.3 Å². The molecule has 31 heavy (non-hydrogen) atoms. The predicted molar refractivity (Wildman–Crippen MR) is 106 cm³/mol. The minimum Gasteiger partial charge on any atom is -0.321 e. The van der Waals surface area contributed by atoms with Crippen LogP contribution >= 0.6 is 0 Å². The van der Waals surface area contributed by atoms with E-state index in [4.69, 9.17) is 0 Å². The van der Waals surface area contributed by atoms with Gasteiger partial charge in [0, 0.05) is 17.6 Å². The highest BCUT2D eigenvalue weighted by atomic mass is 32.2. The average Bonchev–Trinajstić information content (AvgIpc) is 2.95. The molecule has 0 aliphatic carbocycles. The molecule has 2 heterocycles. The molecule has 164 valence electrons. The van der Waals surface area contributed by atoms with Gasteiger partial charge in [0.15, 0.2) is 14.9 Å². The highest BCUT2D eigenvalue weighted by molar-refractivity contribution is 7.90. The highest BCUT2D eigenvalue weighted by Crippen LogP contribution is 2.36. The third kappa shape index (κ3) is 4.61. The van der Waals surface area contributed by atoms with Gasteiger partial charge < -0.3 is 9.88 Å². The van der Waals surface area contributed by atoms with E-state index in [1.54, 1.807) is 0 Å². The van der Waals surface area contributed by atoms with E-state index >= 15 is 0 Å². The van der Waals surface area contributed by atoms with Crippen LogP contribution in [0.15, 0.2) is 47.6 Å². The van der Waals surface area contributed by atoms with E-state index in [0.717, 1.165) is 24.6 Å². The normalized spacial score (nSPS) is 12.1. The number of pyridine rings is 1. The van der Waals surface area contributed by atoms with Crippen LogP contribution in [0.4, 0.5) is 23.2 Å². The number of aromatic nitrogens is 2. The summed E-state index contributed by atoms with van der Waals surface area (Å²) in [6.45, 7) is 2.99. The van der Waals surface area contributed by atoms with Gasteiger partial charge >= 0.3 is 6.18 Å². The Bertz CT molecular complexity index is 1260. The van der Waals surface area contributed by atoms with Gasteiger partial charge in [0.1, 0.15) is 5.82 Å². The Balaban J connectivity index is 1.98. The van der Waals surface area contributed by atoms with Gasteiger partial charge in [0.2, 0.25) is 0 Å². The number of benzene rings is 1. The number of amides is 1. The Morgan fingerprint density at radius 2 is 1.77 bits per heavy atom. The van der Waals surface area contributed by atoms with Crippen molar-refractivity contribution < 1.29 is 30.8 Å². The Labute approximate surface area is 175 Å². The second kappa shape index (κ2) is 7.80. The number of hydrogen-bond donors (Lipinski definition) is 1. The van der Waals surface area contributed by atoms with Crippen molar-refractivity contribution in [1.29, 1.82) is 0 Å². The Hall–Kier alpha value is -3.21. The number of aryl methyl sites for hydroxylation is 1. The van der Waals surface area contributed by atoms with E-state index < -0.39 is 33.3 Å². The quantitative estimate of drug-likeness (QED) is 0.595. The van der Waals surface area contributed by atoms with Gasteiger partial charge in [0.25, 0.3) is 5.91 Å². The average molecular weight is 455 g/mol. The minimum absolute atomic E-state index is 0.0992. The van der Waals surface area contributed by atoms with Crippen LogP contribution in [0.1, 0.15) is 27.3 Å². The lowest BCUT2D eigenvalue weighted by atomic mass is 10.1. The molecular weight excluding hydrogens is 438 g/mol. The number of nitrogens with zero attached hydrogens (tertiary/aromatic N) is 2. The number of hydrogen-bond acceptors (Lipinski definition) is 4. The fourth-order valence-corrected chi connectivity index (χ4v) is 3.73. The maximum absolute atomic E-state index is 13.5. The molecule has 0 aliphatic rings. The maximum Gasteiger partial charge on any atom is 0.418 e. The van der Waals surface area contributed by atoms with Crippen LogP contribution in [-0.2, 0) is 16.0 Å². The topological polar surface area (TPSA) is 81.1 Å². The van der Waals surface area contributed by atoms with Crippen LogP contribution < -0.4 is 5.32 Å². The number of alkyl halides is 3. The summed E-state index contributed by atoms with van der Waals surface area (Å²) in [7, 11) is -3.50. The number of sulfone groups is 1. The van der Waals surface area contributed by atoms with E-state index in [9.17, 15) is 30.8 Å². The van der Waals surface area contributed by atoms with Crippen molar-refractivity contribution in [2.75, 3.05) is 11.6 Å². The maximum atomic E-state index is 13.5. The van der Waals surface area contributed by atoms with Gasteiger partial charge in [-0.2, -0.15) is 13.2 Å². The van der Waals surface area contributed by atoms with Crippen LogP contribution in [0.25, 0.3) is 5.69 Å². The third-order valence-electron chi connectivity index (χ3n) is 4.55. The summed E-state index contributed by atoms with van der Waals surface area (Å²) in [5.74, 6) is -1.65. The van der Waals surface area contributed by atoms with Gasteiger partial charge in [-0.15, -0.1) is 0 Å². The summed E-state index contributed by atoms with van der Waals surface area (Å²) in [5.41, 5.74) is -0.607. The number of anilines is 1. The van der Waals surface area contributed by atoms with Crippen molar-refractivity contribution in [1.82, 2.24) is 9.55 Å². The van der Waals surface area contributed by atoms with Gasteiger partial charge in [0.05, 0.1) is 28.7 Å². The van der Waals surface area contributed by atoms with Crippen LogP contribution in [0.3, 0.4) is 0 Å². The van der Waals surface area contributed by atoms with Gasteiger partial charge in [-0.3, -0.25) is 4.79 Å². The first-order valence-electron chi connectivity index (χ1n) is 8.82. The van der Waals surface area contributed by atoms with Gasteiger partial charge in [-0.1, -0.05) is 0 Å². The fourth-order valence-electron chi connectivity index (χ4n) is 3.17. The van der Waals surface area contributed by atoms with E-state index in [1.165, 1.54) is 36.6 Å². The molecule has 0 unspecified atom stereocenters. The van der Waals surface area contributed by atoms with E-state index in [-0.39, 0.29) is 27.7 Å². The molecule has 0 saturated heterocycles. The number of rotatable bonds is 4. The van der Waals surface area contributed by atoms with Crippen molar-refractivity contribution in [2.24, 2.45) is 0 Å². The summed E-state index contributed by atoms with van der Waals surface area (Å²) in [4.78, 5) is 16.5. The minimum atomic E-state index is -4.80. The Morgan fingerprint density at radius 3 is 2.32 bits per heavy atom. The van der Waals surface area contributed by atoms with Gasteiger partial charge in [-0.05, 0) is 50.2 Å². The number of nitrogens with one attached hydrogen (secondary N) is 1. The molecule has 3 rings (SSSR count). The molecule has 6 nitrogen and oxygen atoms in total. The standard InChI is InChI=1S/C20H17F4N3O3S/c1-11-8-15(19(28)26-14-5-7-18(25-10-14)31(3,29)30)12(2)27(11)17-6-4-13(21)9-16(17)20(22,23)24/h4-10H,1-3H3,(H,26,28). The molecule has 0 aliphatic heterocycles. The molecule has 1 aromatic carbocycles. The summed E-state index contributed by atoms with van der Waals surface area (Å²) in [5, 5.41) is 2.36. The number of carbonyl (C=O) groups excluding carboxylic acids is 1. The van der Waals surface area contributed by atoms with Crippen LogP contribution in [-0.4, -0.2) is 30.1 Å². The summed E-state index contributed by atoms with van der Waals surface area (Å²) >= 11 is 0. The molecule has 0 atom stereocenters. The molecule has 0 spiro atoms. The molecule has 0 bridgehead atoms. The first kappa shape index (κ1) is 22.5. The van der Waals surface area contributed by atoms with E-state index in [1.807, 2.05) is 0 Å². The molecule has 0 fully saturated rings. The first-order valence-corrected chi connectivity index (χ1v) is 10.7. The molecule has 1 N–H and O–H groups in total. The predicted octanol–water partition coefficient (Wildman–Crippen LogP) is 4.30. The number of halogens is 4. The molecule has 0 saturated carbocycles. The summed E-state index contributed by atoms with van der Waals surface area (Å²) in [6, 6.07) is 6.31. The first-order chi connectivity index (χ1) is 14.3. The van der Waals surface area contributed by atoms with Crippen molar-refractivity contribution >= 4 is 21.4 Å². The van der Waals surface area contributed by atoms with Gasteiger partial charge in [-0.25, -0.2) is 17.8 Å². The van der Waals surface area contributed by atoms with Crippen molar-refractivity contribution in [3.8, 4) is 5.69 Å². The van der Waals surface area contributed by atoms with Crippen LogP contribution in [0.5, 0.6) is 0 Å². The molecule has 3 aromatic rings. The van der Waals surface area contributed by atoms with Crippen molar-refractivity contribution in [3.05, 3.63) is 70.9 Å². The second-order valence-electron chi connectivity index (χ2n) is 6.89. The Kier molecular flexibility index (Phi) is 5.66. The van der Waals surface area contributed by atoms with Crippen LogP contribution in [0.2, 0.25) is 0 Å². The molecule has 2 aromatic heterocycles. The lowest BCUT2D eigenvalue weighted by Gasteiger charge is -2.17. The Morgan fingerprint density at radius 1 is 1.10 bits per heavy atom. The SMILES string of the molecule is Cc1cc(C(=O)Nc2ccc(S(C)(=O)=O)nc2)c(C)n1-c1ccc(F)cc1C(F)(F)F. The zero-order chi connectivity index (χ0) is 23.1. The summed E-state index contributed by atoms with van der Waals surface area (Å²) < 4.78 is 77.9. The lowest BCUT2D eigenvalue weighted by Crippen LogP contribution is -2.15. The monoisotopic (exact) mass is 455 g/mol. The zero-order valence-corrected chi connectivity index (χ0v) is 17.4. The molecule has 0 radical (unpaired) electrons. The second-order valence-corrected chi connectivity index (χ2v) is 8.85. The van der Waals surface area contributed by atoms with Crippen molar-refractivity contribution in [2.45, 2.75) is 25.0 Å². The highest BCUT2D eigenvalue weighted by Gasteiger charge is 2.35. The number of carbonyl (C=O) groups is 1.